The van der Waals surface area contributed by atoms with E-state index < -0.39 is 0 Å². The average Bonchev–Trinajstić information content (AvgIpc) is 3.02. The van der Waals surface area contributed by atoms with Crippen molar-refractivity contribution >= 4 is 39.8 Å². The summed E-state index contributed by atoms with van der Waals surface area (Å²) in [6.07, 6.45) is 4.24. The van der Waals surface area contributed by atoms with Gasteiger partial charge >= 0.3 is 0 Å². The molecule has 1 aromatic heterocycles. The van der Waals surface area contributed by atoms with E-state index in [1.807, 2.05) is 48.5 Å². The monoisotopic (exact) mass is 375 g/mol. The second-order valence-corrected chi connectivity index (χ2v) is 7.12. The molecule has 134 valence electrons. The van der Waals surface area contributed by atoms with Crippen molar-refractivity contribution in [3.8, 4) is 5.75 Å². The van der Waals surface area contributed by atoms with E-state index in [-0.39, 0.29) is 11.7 Å². The molecular weight excluding hydrogens is 358 g/mol. The Morgan fingerprint density at radius 3 is 2.93 bits per heavy atom. The zero-order chi connectivity index (χ0) is 18.6. The zero-order valence-corrected chi connectivity index (χ0v) is 15.2. The van der Waals surface area contributed by atoms with Gasteiger partial charge in [-0.15, -0.1) is 0 Å². The number of para-hydroxylation sites is 1. The SMILES string of the molecule is O=C1NC(=NCCc2ccccc2O)S/C1=C\c1ccc2ncccc2c1. The number of benzene rings is 2. The Kier molecular flexibility index (Phi) is 4.89. The molecule has 0 spiro atoms. The van der Waals surface area contributed by atoms with Gasteiger partial charge in [0.15, 0.2) is 5.17 Å². The van der Waals surface area contributed by atoms with Crippen molar-refractivity contribution in [2.45, 2.75) is 6.42 Å². The molecule has 27 heavy (non-hydrogen) atoms. The van der Waals surface area contributed by atoms with Gasteiger partial charge in [0, 0.05) is 18.1 Å². The van der Waals surface area contributed by atoms with Gasteiger partial charge in [-0.25, -0.2) is 0 Å². The number of nitrogens with one attached hydrogen (secondary N) is 1. The Hall–Kier alpha value is -3.12. The number of amides is 1. The number of hydrogen-bond donors (Lipinski definition) is 2. The lowest BCUT2D eigenvalue weighted by molar-refractivity contribution is -0.115. The minimum Gasteiger partial charge on any atom is -0.508 e. The lowest BCUT2D eigenvalue weighted by Gasteiger charge is -2.01. The number of carbonyl (C=O) groups is 1. The summed E-state index contributed by atoms with van der Waals surface area (Å²) >= 11 is 1.33. The van der Waals surface area contributed by atoms with Crippen LogP contribution < -0.4 is 5.32 Å². The summed E-state index contributed by atoms with van der Waals surface area (Å²) in [5, 5.41) is 14.2. The van der Waals surface area contributed by atoms with Gasteiger partial charge in [0.2, 0.25) is 0 Å². The van der Waals surface area contributed by atoms with E-state index in [1.54, 1.807) is 18.3 Å². The number of aromatic nitrogens is 1. The van der Waals surface area contributed by atoms with Crippen molar-refractivity contribution in [1.29, 1.82) is 0 Å². The Labute approximate surface area is 160 Å². The Morgan fingerprint density at radius 1 is 1.15 bits per heavy atom. The Bertz CT molecular complexity index is 1080. The largest absolute Gasteiger partial charge is 0.508 e. The van der Waals surface area contributed by atoms with Crippen LogP contribution in [0.25, 0.3) is 17.0 Å². The van der Waals surface area contributed by atoms with Crippen LogP contribution in [-0.2, 0) is 11.2 Å². The maximum atomic E-state index is 12.2. The number of nitrogens with zero attached hydrogens (tertiary/aromatic N) is 2. The molecule has 0 radical (unpaired) electrons. The number of pyridine rings is 1. The molecule has 5 nitrogen and oxygen atoms in total. The number of aliphatic imine (C=N–C) groups is 1. The molecule has 2 N–H and O–H groups in total. The number of phenolic OH excluding ortho intramolecular Hbond substituents is 1. The molecule has 1 amide bonds. The number of fused-ring (bicyclic) bond motifs is 1. The number of hydrogen-bond acceptors (Lipinski definition) is 5. The van der Waals surface area contributed by atoms with E-state index in [2.05, 4.69) is 15.3 Å². The highest BCUT2D eigenvalue weighted by molar-refractivity contribution is 8.18. The standard InChI is InChI=1S/C21H17N3O2S/c25-18-6-2-1-4-15(18)9-11-23-21-24-20(26)19(27-21)13-14-7-8-17-16(12-14)5-3-10-22-17/h1-8,10,12-13,25H,9,11H2,(H,23,24,26)/b19-13-. The zero-order valence-electron chi connectivity index (χ0n) is 14.4. The lowest BCUT2D eigenvalue weighted by atomic mass is 10.1. The van der Waals surface area contributed by atoms with E-state index in [0.29, 0.717) is 23.0 Å². The van der Waals surface area contributed by atoms with E-state index in [9.17, 15) is 9.90 Å². The van der Waals surface area contributed by atoms with Gasteiger partial charge in [0.05, 0.1) is 10.4 Å². The van der Waals surface area contributed by atoms with Crippen LogP contribution >= 0.6 is 11.8 Å². The number of rotatable bonds is 4. The first-order valence-corrected chi connectivity index (χ1v) is 9.38. The molecule has 2 heterocycles. The summed E-state index contributed by atoms with van der Waals surface area (Å²) < 4.78 is 0. The summed E-state index contributed by atoms with van der Waals surface area (Å²) in [6, 6.07) is 17.0. The molecule has 0 atom stereocenters. The normalized spacial score (nSPS) is 17.0. The maximum absolute atomic E-state index is 12.2. The first kappa shape index (κ1) is 17.3. The van der Waals surface area contributed by atoms with Gasteiger partial charge in [-0.2, -0.15) is 0 Å². The molecule has 6 heteroatoms. The quantitative estimate of drug-likeness (QED) is 0.681. The van der Waals surface area contributed by atoms with Crippen molar-refractivity contribution in [3.05, 3.63) is 76.8 Å². The maximum Gasteiger partial charge on any atom is 0.264 e. The van der Waals surface area contributed by atoms with Gasteiger partial charge in [-0.1, -0.05) is 30.3 Å². The van der Waals surface area contributed by atoms with Crippen LogP contribution in [0.3, 0.4) is 0 Å². The highest BCUT2D eigenvalue weighted by Crippen LogP contribution is 2.27. The second kappa shape index (κ2) is 7.63. The minimum absolute atomic E-state index is 0.146. The summed E-state index contributed by atoms with van der Waals surface area (Å²) in [7, 11) is 0. The molecule has 1 fully saturated rings. The molecule has 1 saturated heterocycles. The fourth-order valence-electron chi connectivity index (χ4n) is 2.84. The number of carbonyl (C=O) groups excluding carboxylic acids is 1. The summed E-state index contributed by atoms with van der Waals surface area (Å²) in [5.74, 6) is 0.125. The Morgan fingerprint density at radius 2 is 2.04 bits per heavy atom. The number of amidine groups is 1. The Balaban J connectivity index is 1.46. The molecule has 3 aromatic rings. The van der Waals surface area contributed by atoms with Crippen LogP contribution in [0.5, 0.6) is 5.75 Å². The van der Waals surface area contributed by atoms with Crippen LogP contribution in [0.4, 0.5) is 0 Å². The smallest absolute Gasteiger partial charge is 0.264 e. The van der Waals surface area contributed by atoms with Crippen molar-refractivity contribution in [3.63, 3.8) is 0 Å². The minimum atomic E-state index is -0.146. The van der Waals surface area contributed by atoms with Crippen LogP contribution in [0.1, 0.15) is 11.1 Å². The predicted molar refractivity (Wildman–Crippen MR) is 110 cm³/mol. The van der Waals surface area contributed by atoms with Gasteiger partial charge in [0.1, 0.15) is 5.75 Å². The number of aromatic hydroxyl groups is 1. The highest BCUT2D eigenvalue weighted by atomic mass is 32.2. The molecule has 0 bridgehead atoms. The lowest BCUT2D eigenvalue weighted by Crippen LogP contribution is -2.20. The molecule has 2 aromatic carbocycles. The molecule has 0 saturated carbocycles. The van der Waals surface area contributed by atoms with E-state index >= 15 is 0 Å². The molecular formula is C21H17N3O2S. The summed E-state index contributed by atoms with van der Waals surface area (Å²) in [5.41, 5.74) is 2.72. The van der Waals surface area contributed by atoms with E-state index in [4.69, 9.17) is 0 Å². The third kappa shape index (κ3) is 4.01. The predicted octanol–water partition coefficient (Wildman–Crippen LogP) is 3.74. The van der Waals surface area contributed by atoms with Crippen molar-refractivity contribution in [2.75, 3.05) is 6.54 Å². The molecule has 0 aliphatic carbocycles. The third-order valence-corrected chi connectivity index (χ3v) is 5.15. The van der Waals surface area contributed by atoms with Crippen LogP contribution in [-0.4, -0.2) is 27.7 Å². The first-order valence-electron chi connectivity index (χ1n) is 8.56. The van der Waals surface area contributed by atoms with Crippen molar-refractivity contribution in [1.82, 2.24) is 10.3 Å². The summed E-state index contributed by atoms with van der Waals surface area (Å²) in [4.78, 5) is 21.6. The number of thioether (sulfide) groups is 1. The van der Waals surface area contributed by atoms with Gasteiger partial charge in [0.25, 0.3) is 5.91 Å². The van der Waals surface area contributed by atoms with Crippen LogP contribution in [0.15, 0.2) is 70.7 Å². The van der Waals surface area contributed by atoms with Gasteiger partial charge < -0.3 is 10.4 Å². The third-order valence-electron chi connectivity index (χ3n) is 4.20. The fourth-order valence-corrected chi connectivity index (χ4v) is 3.68. The van der Waals surface area contributed by atoms with Crippen LogP contribution in [0, 0.1) is 0 Å². The average molecular weight is 375 g/mol. The molecule has 1 aliphatic heterocycles. The number of phenols is 1. The van der Waals surface area contributed by atoms with Crippen LogP contribution in [0.2, 0.25) is 0 Å². The topological polar surface area (TPSA) is 74.6 Å². The molecule has 0 unspecified atom stereocenters. The molecule has 4 rings (SSSR count). The van der Waals surface area contributed by atoms with E-state index in [0.717, 1.165) is 22.0 Å². The fraction of sp³-hybridized carbons (Fsp3) is 0.0952. The second-order valence-electron chi connectivity index (χ2n) is 6.09. The van der Waals surface area contributed by atoms with Gasteiger partial charge in [-0.05, 0) is 59.7 Å². The van der Waals surface area contributed by atoms with Crippen molar-refractivity contribution < 1.29 is 9.90 Å². The first-order chi connectivity index (χ1) is 13.2. The highest BCUT2D eigenvalue weighted by Gasteiger charge is 2.23. The van der Waals surface area contributed by atoms with Gasteiger partial charge in [-0.3, -0.25) is 14.8 Å². The van der Waals surface area contributed by atoms with E-state index in [1.165, 1.54) is 11.8 Å². The van der Waals surface area contributed by atoms with Crippen molar-refractivity contribution in [2.24, 2.45) is 4.99 Å². The molecule has 1 aliphatic rings. The summed E-state index contributed by atoms with van der Waals surface area (Å²) in [6.45, 7) is 0.495.